The molecule has 1 amide bonds. The van der Waals surface area contributed by atoms with Gasteiger partial charge in [0.25, 0.3) is 0 Å². The normalized spacial score (nSPS) is 16.9. The van der Waals surface area contributed by atoms with Crippen molar-refractivity contribution in [2.24, 2.45) is 11.7 Å². The van der Waals surface area contributed by atoms with Gasteiger partial charge >= 0.3 is 0 Å². The molecule has 1 aromatic carbocycles. The van der Waals surface area contributed by atoms with E-state index in [4.69, 9.17) is 5.73 Å². The van der Waals surface area contributed by atoms with Gasteiger partial charge in [-0.25, -0.2) is 0 Å². The number of nitrogens with zero attached hydrogens (tertiary/aromatic N) is 1. The minimum Gasteiger partial charge on any atom is -0.325 e. The van der Waals surface area contributed by atoms with Crippen molar-refractivity contribution in [3.05, 3.63) is 36.5 Å². The van der Waals surface area contributed by atoms with Crippen LogP contribution in [0.15, 0.2) is 36.5 Å². The van der Waals surface area contributed by atoms with E-state index in [0.29, 0.717) is 5.92 Å². The molecule has 1 atom stereocenters. The third kappa shape index (κ3) is 4.20. The van der Waals surface area contributed by atoms with E-state index >= 15 is 0 Å². The molecule has 0 radical (unpaired) electrons. The summed E-state index contributed by atoms with van der Waals surface area (Å²) in [7, 11) is 0. The van der Waals surface area contributed by atoms with E-state index in [1.165, 1.54) is 32.1 Å². The Bertz CT molecular complexity index is 632. The highest BCUT2D eigenvalue weighted by molar-refractivity contribution is 5.95. The molecule has 0 saturated heterocycles. The fourth-order valence-electron chi connectivity index (χ4n) is 3.31. The molecular formula is C18H24N4O. The summed E-state index contributed by atoms with van der Waals surface area (Å²) in [5.74, 6) is 0.498. The molecule has 2 aromatic rings. The van der Waals surface area contributed by atoms with Gasteiger partial charge in [-0.2, -0.15) is 5.10 Å². The molecule has 1 aliphatic rings. The number of hydrogen-bond donors (Lipinski definition) is 3. The molecule has 1 heterocycles. The number of aromatic amines is 1. The van der Waals surface area contributed by atoms with Crippen LogP contribution in [0.3, 0.4) is 0 Å². The van der Waals surface area contributed by atoms with Crippen molar-refractivity contribution in [2.45, 2.75) is 44.6 Å². The minimum absolute atomic E-state index is 0.0997. The van der Waals surface area contributed by atoms with Crippen molar-refractivity contribution in [1.82, 2.24) is 10.2 Å². The van der Waals surface area contributed by atoms with Crippen LogP contribution >= 0.6 is 0 Å². The predicted molar refractivity (Wildman–Crippen MR) is 91.8 cm³/mol. The standard InChI is InChI=1S/C18H24N4O/c19-16(11-13-5-2-1-3-6-13)18(23)21-15-8-4-7-14(12-15)17-9-10-20-22-17/h4,7-10,12-13,16H,1-3,5-6,11,19H2,(H,20,22)(H,21,23). The van der Waals surface area contributed by atoms with Gasteiger partial charge in [0, 0.05) is 17.4 Å². The van der Waals surface area contributed by atoms with Gasteiger partial charge < -0.3 is 11.1 Å². The molecule has 1 fully saturated rings. The number of carbonyl (C=O) groups excluding carboxylic acids is 1. The molecule has 4 N–H and O–H groups in total. The van der Waals surface area contributed by atoms with Crippen LogP contribution in [0.5, 0.6) is 0 Å². The van der Waals surface area contributed by atoms with Crippen LogP contribution in [0.1, 0.15) is 38.5 Å². The molecule has 3 rings (SSSR count). The lowest BCUT2D eigenvalue weighted by Gasteiger charge is -2.24. The van der Waals surface area contributed by atoms with Gasteiger partial charge in [0.05, 0.1) is 11.7 Å². The maximum absolute atomic E-state index is 12.3. The fraction of sp³-hybridized carbons (Fsp3) is 0.444. The van der Waals surface area contributed by atoms with Gasteiger partial charge in [0.15, 0.2) is 0 Å². The quantitative estimate of drug-likeness (QED) is 0.792. The van der Waals surface area contributed by atoms with Crippen LogP contribution in [0.2, 0.25) is 0 Å². The molecule has 0 bridgehead atoms. The van der Waals surface area contributed by atoms with E-state index in [9.17, 15) is 4.79 Å². The molecule has 5 nitrogen and oxygen atoms in total. The van der Waals surface area contributed by atoms with Crippen molar-refractivity contribution in [2.75, 3.05) is 5.32 Å². The number of rotatable bonds is 5. The van der Waals surface area contributed by atoms with E-state index in [2.05, 4.69) is 15.5 Å². The SMILES string of the molecule is NC(CC1CCCCC1)C(=O)Nc1cccc(-c2ccn[nH]2)c1. The molecular weight excluding hydrogens is 288 g/mol. The summed E-state index contributed by atoms with van der Waals surface area (Å²) < 4.78 is 0. The number of nitrogens with two attached hydrogens (primary N) is 1. The smallest absolute Gasteiger partial charge is 0.241 e. The molecule has 122 valence electrons. The molecule has 5 heteroatoms. The summed E-state index contributed by atoms with van der Waals surface area (Å²) in [6.45, 7) is 0. The second-order valence-corrected chi connectivity index (χ2v) is 6.39. The van der Waals surface area contributed by atoms with Gasteiger partial charge in [-0.1, -0.05) is 44.2 Å². The zero-order chi connectivity index (χ0) is 16.1. The maximum atomic E-state index is 12.3. The largest absolute Gasteiger partial charge is 0.325 e. The summed E-state index contributed by atoms with van der Waals surface area (Å²) in [5, 5.41) is 9.81. The zero-order valence-electron chi connectivity index (χ0n) is 13.3. The van der Waals surface area contributed by atoms with Gasteiger partial charge in [-0.3, -0.25) is 9.89 Å². The molecule has 0 spiro atoms. The first-order valence-corrected chi connectivity index (χ1v) is 8.38. The molecule has 0 aliphatic heterocycles. The van der Waals surface area contributed by atoms with Crippen molar-refractivity contribution < 1.29 is 4.79 Å². The van der Waals surface area contributed by atoms with Crippen molar-refractivity contribution in [3.63, 3.8) is 0 Å². The zero-order valence-corrected chi connectivity index (χ0v) is 13.3. The summed E-state index contributed by atoms with van der Waals surface area (Å²) in [6, 6.07) is 9.16. The monoisotopic (exact) mass is 312 g/mol. The Labute approximate surface area is 136 Å². The number of hydrogen-bond acceptors (Lipinski definition) is 3. The Morgan fingerprint density at radius 3 is 2.87 bits per heavy atom. The van der Waals surface area contributed by atoms with E-state index < -0.39 is 6.04 Å². The number of amides is 1. The number of carbonyl (C=O) groups is 1. The highest BCUT2D eigenvalue weighted by atomic mass is 16.2. The first-order valence-electron chi connectivity index (χ1n) is 8.38. The van der Waals surface area contributed by atoms with E-state index in [1.54, 1.807) is 6.20 Å². The third-order valence-corrected chi connectivity index (χ3v) is 4.59. The number of nitrogens with one attached hydrogen (secondary N) is 2. The van der Waals surface area contributed by atoms with E-state index in [-0.39, 0.29) is 5.91 Å². The number of H-pyrrole nitrogens is 1. The highest BCUT2D eigenvalue weighted by Gasteiger charge is 2.21. The Kier molecular flexibility index (Phi) is 5.08. The van der Waals surface area contributed by atoms with E-state index in [0.717, 1.165) is 23.4 Å². The third-order valence-electron chi connectivity index (χ3n) is 4.59. The summed E-state index contributed by atoms with van der Waals surface area (Å²) in [5.41, 5.74) is 8.78. The lowest BCUT2D eigenvalue weighted by molar-refractivity contribution is -0.117. The number of benzene rings is 1. The summed E-state index contributed by atoms with van der Waals surface area (Å²) >= 11 is 0. The van der Waals surface area contributed by atoms with Gasteiger partial charge in [0.2, 0.25) is 5.91 Å². The van der Waals surface area contributed by atoms with Gasteiger partial charge in [-0.05, 0) is 30.5 Å². The second kappa shape index (κ2) is 7.42. The van der Waals surface area contributed by atoms with Crippen LogP contribution in [0.4, 0.5) is 5.69 Å². The van der Waals surface area contributed by atoms with Gasteiger partial charge in [-0.15, -0.1) is 0 Å². The lowest BCUT2D eigenvalue weighted by Crippen LogP contribution is -2.37. The van der Waals surface area contributed by atoms with E-state index in [1.807, 2.05) is 30.3 Å². The first-order chi connectivity index (χ1) is 11.2. The van der Waals surface area contributed by atoms with Crippen molar-refractivity contribution in [3.8, 4) is 11.3 Å². The Balaban J connectivity index is 1.59. The van der Waals surface area contributed by atoms with Crippen molar-refractivity contribution in [1.29, 1.82) is 0 Å². The maximum Gasteiger partial charge on any atom is 0.241 e. The van der Waals surface area contributed by atoms with Crippen LogP contribution in [-0.2, 0) is 4.79 Å². The fourth-order valence-corrected chi connectivity index (χ4v) is 3.31. The lowest BCUT2D eigenvalue weighted by atomic mass is 9.85. The predicted octanol–water partition coefficient (Wildman–Crippen LogP) is 3.31. The Hall–Kier alpha value is -2.14. The van der Waals surface area contributed by atoms with Gasteiger partial charge in [0.1, 0.15) is 0 Å². The summed E-state index contributed by atoms with van der Waals surface area (Å²) in [6.07, 6.45) is 8.76. The highest BCUT2D eigenvalue weighted by Crippen LogP contribution is 2.27. The molecule has 23 heavy (non-hydrogen) atoms. The number of anilines is 1. The second-order valence-electron chi connectivity index (χ2n) is 6.39. The minimum atomic E-state index is -0.436. The van der Waals surface area contributed by atoms with Crippen LogP contribution < -0.4 is 11.1 Å². The van der Waals surface area contributed by atoms with Crippen LogP contribution in [-0.4, -0.2) is 22.1 Å². The Morgan fingerprint density at radius 2 is 2.13 bits per heavy atom. The summed E-state index contributed by atoms with van der Waals surface area (Å²) in [4.78, 5) is 12.3. The van der Waals surface area contributed by atoms with Crippen LogP contribution in [0, 0.1) is 5.92 Å². The average Bonchev–Trinajstić information content (AvgIpc) is 3.10. The average molecular weight is 312 g/mol. The molecule has 1 unspecified atom stereocenters. The van der Waals surface area contributed by atoms with Crippen LogP contribution in [0.25, 0.3) is 11.3 Å². The topological polar surface area (TPSA) is 83.8 Å². The Morgan fingerprint density at radius 1 is 1.30 bits per heavy atom. The first kappa shape index (κ1) is 15.7. The van der Waals surface area contributed by atoms with Crippen molar-refractivity contribution >= 4 is 11.6 Å². The molecule has 1 saturated carbocycles. The molecule has 1 aromatic heterocycles. The number of aromatic nitrogens is 2. The molecule has 1 aliphatic carbocycles.